The summed E-state index contributed by atoms with van der Waals surface area (Å²) >= 11 is 3.35. The van der Waals surface area contributed by atoms with Gasteiger partial charge in [0.15, 0.2) is 5.82 Å². The Hall–Kier alpha value is -1.27. The van der Waals surface area contributed by atoms with Gasteiger partial charge in [-0.1, -0.05) is 28.1 Å². The Morgan fingerprint density at radius 3 is 2.62 bits per heavy atom. The summed E-state index contributed by atoms with van der Waals surface area (Å²) in [5, 5.41) is 21.5. The summed E-state index contributed by atoms with van der Waals surface area (Å²) in [4.78, 5) is 1.38. The van der Waals surface area contributed by atoms with E-state index in [0.29, 0.717) is 12.2 Å². The predicted molar refractivity (Wildman–Crippen MR) is 61.6 cm³/mol. The van der Waals surface area contributed by atoms with E-state index >= 15 is 0 Å². The van der Waals surface area contributed by atoms with E-state index in [9.17, 15) is 5.11 Å². The summed E-state index contributed by atoms with van der Waals surface area (Å²) in [5.74, 6) is 0.540. The van der Waals surface area contributed by atoms with Crippen molar-refractivity contribution in [2.75, 3.05) is 0 Å². The molecule has 16 heavy (non-hydrogen) atoms. The summed E-state index contributed by atoms with van der Waals surface area (Å²) in [6.45, 7) is 0. The number of benzene rings is 1. The normalized spacial score (nSPS) is 12.7. The zero-order chi connectivity index (χ0) is 11.5. The Bertz CT molecular complexity index is 468. The molecule has 6 heteroatoms. The van der Waals surface area contributed by atoms with Crippen LogP contribution in [0, 0.1) is 0 Å². The van der Waals surface area contributed by atoms with E-state index < -0.39 is 6.10 Å². The van der Waals surface area contributed by atoms with Crippen LogP contribution >= 0.6 is 15.9 Å². The van der Waals surface area contributed by atoms with Crippen molar-refractivity contribution in [1.29, 1.82) is 0 Å². The van der Waals surface area contributed by atoms with Crippen molar-refractivity contribution in [2.45, 2.75) is 12.5 Å². The highest BCUT2D eigenvalue weighted by Gasteiger charge is 2.11. The highest BCUT2D eigenvalue weighted by Crippen LogP contribution is 2.18. The number of tetrazole rings is 1. The van der Waals surface area contributed by atoms with Crippen LogP contribution in [0.25, 0.3) is 0 Å². The molecule has 1 aromatic carbocycles. The number of rotatable bonds is 3. The van der Waals surface area contributed by atoms with E-state index in [1.165, 1.54) is 4.80 Å². The molecule has 1 N–H and O–H groups in total. The fraction of sp³-hybridized carbons (Fsp3) is 0.300. The first-order valence-electron chi connectivity index (χ1n) is 4.81. The Morgan fingerprint density at radius 1 is 1.38 bits per heavy atom. The van der Waals surface area contributed by atoms with Crippen LogP contribution in [-0.2, 0) is 13.5 Å². The van der Waals surface area contributed by atoms with E-state index in [1.54, 1.807) is 7.05 Å². The lowest BCUT2D eigenvalue weighted by Gasteiger charge is -2.08. The second-order valence-electron chi connectivity index (χ2n) is 3.47. The first-order valence-corrected chi connectivity index (χ1v) is 5.61. The van der Waals surface area contributed by atoms with Gasteiger partial charge in [0.05, 0.1) is 13.2 Å². The number of aliphatic hydroxyl groups excluding tert-OH is 1. The summed E-state index contributed by atoms with van der Waals surface area (Å²) in [6.07, 6.45) is -0.229. The number of aromatic nitrogens is 4. The van der Waals surface area contributed by atoms with Crippen molar-refractivity contribution >= 4 is 15.9 Å². The second kappa shape index (κ2) is 4.71. The number of halogens is 1. The van der Waals surface area contributed by atoms with Crippen LogP contribution in [0.15, 0.2) is 28.7 Å². The van der Waals surface area contributed by atoms with Crippen LogP contribution < -0.4 is 0 Å². The van der Waals surface area contributed by atoms with E-state index in [4.69, 9.17) is 0 Å². The molecule has 0 spiro atoms. The third-order valence-electron chi connectivity index (χ3n) is 2.18. The van der Waals surface area contributed by atoms with Crippen LogP contribution in [-0.4, -0.2) is 25.3 Å². The Balaban J connectivity index is 2.08. The lowest BCUT2D eigenvalue weighted by molar-refractivity contribution is 0.175. The average Bonchev–Trinajstić information content (AvgIpc) is 2.65. The van der Waals surface area contributed by atoms with Gasteiger partial charge in [-0.25, -0.2) is 0 Å². The molecule has 1 unspecified atom stereocenters. The number of nitrogens with zero attached hydrogens (tertiary/aromatic N) is 4. The molecule has 0 aliphatic rings. The van der Waals surface area contributed by atoms with Crippen LogP contribution in [0.4, 0.5) is 0 Å². The molecule has 0 fully saturated rings. The lowest BCUT2D eigenvalue weighted by Crippen LogP contribution is -2.03. The average molecular weight is 283 g/mol. The van der Waals surface area contributed by atoms with Crippen LogP contribution in [0.3, 0.4) is 0 Å². The largest absolute Gasteiger partial charge is 0.388 e. The van der Waals surface area contributed by atoms with Gasteiger partial charge in [-0.3, -0.25) is 0 Å². The first kappa shape index (κ1) is 11.2. The summed E-state index contributed by atoms with van der Waals surface area (Å²) in [6, 6.07) is 7.52. The second-order valence-corrected chi connectivity index (χ2v) is 4.38. The molecule has 0 aliphatic heterocycles. The minimum Gasteiger partial charge on any atom is -0.388 e. The summed E-state index contributed by atoms with van der Waals surface area (Å²) < 4.78 is 0.987. The maximum Gasteiger partial charge on any atom is 0.177 e. The third kappa shape index (κ3) is 2.65. The van der Waals surface area contributed by atoms with Gasteiger partial charge in [0.1, 0.15) is 0 Å². The number of aliphatic hydroxyl groups is 1. The van der Waals surface area contributed by atoms with E-state index in [-0.39, 0.29) is 0 Å². The smallest absolute Gasteiger partial charge is 0.177 e. The van der Waals surface area contributed by atoms with Crippen LogP contribution in [0.5, 0.6) is 0 Å². The molecule has 2 rings (SSSR count). The van der Waals surface area contributed by atoms with Gasteiger partial charge < -0.3 is 5.11 Å². The van der Waals surface area contributed by atoms with Gasteiger partial charge in [0, 0.05) is 10.9 Å². The minimum absolute atomic E-state index is 0.371. The van der Waals surface area contributed by atoms with Gasteiger partial charge in [0.25, 0.3) is 0 Å². The molecule has 0 radical (unpaired) electrons. The third-order valence-corrected chi connectivity index (χ3v) is 2.71. The lowest BCUT2D eigenvalue weighted by atomic mass is 10.1. The number of hydrogen-bond donors (Lipinski definition) is 1. The number of aryl methyl sites for hydroxylation is 1. The molecule has 1 heterocycles. The van der Waals surface area contributed by atoms with Gasteiger partial charge >= 0.3 is 0 Å². The van der Waals surface area contributed by atoms with E-state index in [2.05, 4.69) is 31.3 Å². The maximum absolute atomic E-state index is 9.94. The van der Waals surface area contributed by atoms with Crippen molar-refractivity contribution < 1.29 is 5.11 Å². The van der Waals surface area contributed by atoms with Crippen molar-refractivity contribution in [2.24, 2.45) is 7.05 Å². The maximum atomic E-state index is 9.94. The SMILES string of the molecule is Cn1nnc(CC(O)c2ccc(Br)cc2)n1. The Morgan fingerprint density at radius 2 is 2.06 bits per heavy atom. The summed E-state index contributed by atoms with van der Waals surface area (Å²) in [7, 11) is 1.70. The van der Waals surface area contributed by atoms with Crippen molar-refractivity contribution in [3.8, 4) is 0 Å². The molecule has 1 aromatic heterocycles. The van der Waals surface area contributed by atoms with Crippen LogP contribution in [0.2, 0.25) is 0 Å². The molecular formula is C10H11BrN4O. The van der Waals surface area contributed by atoms with Crippen molar-refractivity contribution in [3.63, 3.8) is 0 Å². The molecular weight excluding hydrogens is 272 g/mol. The molecule has 5 nitrogen and oxygen atoms in total. The quantitative estimate of drug-likeness (QED) is 0.920. The molecule has 0 amide bonds. The molecule has 2 aromatic rings. The van der Waals surface area contributed by atoms with E-state index in [0.717, 1.165) is 10.0 Å². The molecule has 1 atom stereocenters. The standard InChI is InChI=1S/C10H11BrN4O/c1-15-13-10(12-14-15)6-9(16)7-2-4-8(11)5-3-7/h2-5,9,16H,6H2,1H3. The van der Waals surface area contributed by atoms with Gasteiger partial charge in [-0.15, -0.1) is 10.2 Å². The minimum atomic E-state index is -0.600. The molecule has 0 bridgehead atoms. The highest BCUT2D eigenvalue weighted by molar-refractivity contribution is 9.10. The Kier molecular flexibility index (Phi) is 3.31. The zero-order valence-corrected chi connectivity index (χ0v) is 10.3. The van der Waals surface area contributed by atoms with Crippen molar-refractivity contribution in [1.82, 2.24) is 20.2 Å². The topological polar surface area (TPSA) is 63.8 Å². The molecule has 0 saturated heterocycles. The van der Waals surface area contributed by atoms with Gasteiger partial charge in [-0.05, 0) is 22.9 Å². The molecule has 0 saturated carbocycles. The first-order chi connectivity index (χ1) is 7.65. The highest BCUT2D eigenvalue weighted by atomic mass is 79.9. The molecule has 84 valence electrons. The monoisotopic (exact) mass is 282 g/mol. The van der Waals surface area contributed by atoms with Crippen molar-refractivity contribution in [3.05, 3.63) is 40.1 Å². The zero-order valence-electron chi connectivity index (χ0n) is 8.71. The fourth-order valence-electron chi connectivity index (χ4n) is 1.38. The Labute approximate surface area is 101 Å². The number of hydrogen-bond acceptors (Lipinski definition) is 4. The fourth-order valence-corrected chi connectivity index (χ4v) is 1.65. The predicted octanol–water partition coefficient (Wildman–Crippen LogP) is 1.25. The molecule has 0 aliphatic carbocycles. The van der Waals surface area contributed by atoms with Crippen LogP contribution in [0.1, 0.15) is 17.5 Å². The van der Waals surface area contributed by atoms with Gasteiger partial charge in [0.2, 0.25) is 0 Å². The van der Waals surface area contributed by atoms with E-state index in [1.807, 2.05) is 24.3 Å². The van der Waals surface area contributed by atoms with Gasteiger partial charge in [-0.2, -0.15) is 4.80 Å². The summed E-state index contributed by atoms with van der Waals surface area (Å²) in [5.41, 5.74) is 0.843.